The molecule has 0 aliphatic rings. The third-order valence-electron chi connectivity index (χ3n) is 3.77. The van der Waals surface area contributed by atoms with Gasteiger partial charge in [0.15, 0.2) is 0 Å². The van der Waals surface area contributed by atoms with Crippen molar-refractivity contribution in [3.05, 3.63) is 0 Å². The molecule has 0 bridgehead atoms. The van der Waals surface area contributed by atoms with Crippen molar-refractivity contribution in [1.82, 2.24) is 0 Å². The molecule has 2 nitrogen and oxygen atoms in total. The second-order valence-electron chi connectivity index (χ2n) is 5.87. The number of unbranched alkanes of at least 4 members (excludes halogenated alkanes) is 11. The Hall–Kier alpha value is -0.0500. The van der Waals surface area contributed by atoms with Crippen molar-refractivity contribution >= 4 is 21.9 Å². The summed E-state index contributed by atoms with van der Waals surface area (Å²) in [6, 6.07) is 0. The fraction of sp³-hybridized carbons (Fsp3) is 0.941. The van der Waals surface area contributed by atoms with Crippen LogP contribution in [0.5, 0.6) is 0 Å². The maximum atomic E-state index is 10.5. The minimum absolute atomic E-state index is 0.156. The van der Waals surface area contributed by atoms with Crippen molar-refractivity contribution in [1.29, 1.82) is 0 Å². The van der Waals surface area contributed by atoms with Crippen LogP contribution in [0.25, 0.3) is 0 Å². The van der Waals surface area contributed by atoms with Crippen molar-refractivity contribution in [3.63, 3.8) is 0 Å². The molecule has 0 saturated carbocycles. The number of carbonyl (C=O) groups is 1. The average Bonchev–Trinajstić information content (AvgIpc) is 2.39. The van der Waals surface area contributed by atoms with Crippen LogP contribution in [-0.4, -0.2) is 15.9 Å². The van der Waals surface area contributed by atoms with Gasteiger partial charge < -0.3 is 5.11 Å². The Morgan fingerprint density at radius 1 is 0.850 bits per heavy atom. The maximum absolute atomic E-state index is 10.5. The van der Waals surface area contributed by atoms with E-state index in [0.717, 1.165) is 12.8 Å². The van der Waals surface area contributed by atoms with Crippen LogP contribution in [0, 0.1) is 0 Å². The summed E-state index contributed by atoms with van der Waals surface area (Å²) in [6.45, 7) is 2.26. The first-order valence-electron chi connectivity index (χ1n) is 8.52. The summed E-state index contributed by atoms with van der Waals surface area (Å²) in [6.07, 6.45) is 17.5. The second kappa shape index (κ2) is 15.3. The zero-order valence-corrected chi connectivity index (χ0v) is 14.8. The number of halogens is 1. The smallest absolute Gasteiger partial charge is 0.304 e. The number of hydrogen-bond acceptors (Lipinski definition) is 1. The topological polar surface area (TPSA) is 37.3 Å². The van der Waals surface area contributed by atoms with Gasteiger partial charge in [0.25, 0.3) is 0 Å². The summed E-state index contributed by atoms with van der Waals surface area (Å²) in [5.74, 6) is -0.703. The van der Waals surface area contributed by atoms with Crippen molar-refractivity contribution in [3.8, 4) is 0 Å². The molecular weight excluding hydrogens is 316 g/mol. The van der Waals surface area contributed by atoms with E-state index >= 15 is 0 Å². The lowest BCUT2D eigenvalue weighted by atomic mass is 10.0. The molecule has 3 heteroatoms. The van der Waals surface area contributed by atoms with Crippen LogP contribution in [0.2, 0.25) is 0 Å². The van der Waals surface area contributed by atoms with E-state index in [-0.39, 0.29) is 11.2 Å². The number of carboxylic acid groups (broad SMARTS) is 1. The van der Waals surface area contributed by atoms with Crippen LogP contribution >= 0.6 is 15.9 Å². The molecule has 0 amide bonds. The van der Waals surface area contributed by atoms with Gasteiger partial charge in [0.05, 0.1) is 6.42 Å². The molecule has 0 rings (SSSR count). The standard InChI is InChI=1S/C17H33BrO2/c1-2-3-4-5-6-7-8-9-10-11-12-13-14-16(18)15-17(19)20/h16H,2-15H2,1H3,(H,19,20). The lowest BCUT2D eigenvalue weighted by Gasteiger charge is -2.06. The Bertz CT molecular complexity index is 219. The fourth-order valence-corrected chi connectivity index (χ4v) is 3.10. The number of hydrogen-bond donors (Lipinski definition) is 1. The Morgan fingerprint density at radius 3 is 1.65 bits per heavy atom. The van der Waals surface area contributed by atoms with E-state index in [4.69, 9.17) is 5.11 Å². The van der Waals surface area contributed by atoms with E-state index in [9.17, 15) is 4.79 Å². The molecule has 1 unspecified atom stereocenters. The highest BCUT2D eigenvalue weighted by molar-refractivity contribution is 9.09. The molecule has 0 radical (unpaired) electrons. The van der Waals surface area contributed by atoms with E-state index < -0.39 is 5.97 Å². The molecule has 0 saturated heterocycles. The molecule has 0 heterocycles. The number of alkyl halides is 1. The lowest BCUT2D eigenvalue weighted by molar-refractivity contribution is -0.136. The average molecular weight is 349 g/mol. The largest absolute Gasteiger partial charge is 0.481 e. The van der Waals surface area contributed by atoms with Crippen molar-refractivity contribution in [2.24, 2.45) is 0 Å². The molecule has 0 fully saturated rings. The van der Waals surface area contributed by atoms with Crippen molar-refractivity contribution in [2.45, 2.75) is 102 Å². The van der Waals surface area contributed by atoms with Gasteiger partial charge in [0.1, 0.15) is 0 Å². The van der Waals surface area contributed by atoms with Crippen molar-refractivity contribution < 1.29 is 9.90 Å². The highest BCUT2D eigenvalue weighted by Gasteiger charge is 2.08. The maximum Gasteiger partial charge on any atom is 0.304 e. The van der Waals surface area contributed by atoms with Gasteiger partial charge in [-0.15, -0.1) is 0 Å². The third-order valence-corrected chi connectivity index (χ3v) is 4.55. The van der Waals surface area contributed by atoms with E-state index in [1.807, 2.05) is 0 Å². The Labute approximate surface area is 133 Å². The SMILES string of the molecule is CCCCCCCCCCCCCCC(Br)CC(=O)O. The predicted molar refractivity (Wildman–Crippen MR) is 90.7 cm³/mol. The summed E-state index contributed by atoms with van der Waals surface area (Å²) >= 11 is 3.43. The summed E-state index contributed by atoms with van der Waals surface area (Å²) < 4.78 is 0. The normalized spacial score (nSPS) is 12.5. The summed E-state index contributed by atoms with van der Waals surface area (Å²) in [5.41, 5.74) is 0. The first-order chi connectivity index (χ1) is 9.66. The highest BCUT2D eigenvalue weighted by atomic mass is 79.9. The molecule has 20 heavy (non-hydrogen) atoms. The van der Waals surface area contributed by atoms with Gasteiger partial charge in [-0.05, 0) is 6.42 Å². The molecule has 0 aliphatic heterocycles. The van der Waals surface area contributed by atoms with E-state index in [0.29, 0.717) is 0 Å². The van der Waals surface area contributed by atoms with Crippen LogP contribution in [0.1, 0.15) is 96.8 Å². The predicted octanol–water partition coefficient (Wildman–Crippen LogP) is 6.32. The zero-order valence-electron chi connectivity index (χ0n) is 13.2. The minimum atomic E-state index is -0.703. The summed E-state index contributed by atoms with van der Waals surface area (Å²) in [5, 5.41) is 8.65. The first-order valence-corrected chi connectivity index (χ1v) is 9.44. The number of aliphatic carboxylic acids is 1. The molecule has 0 aromatic rings. The van der Waals surface area contributed by atoms with Crippen LogP contribution in [0.4, 0.5) is 0 Å². The zero-order chi connectivity index (χ0) is 15.1. The number of carboxylic acids is 1. The van der Waals surface area contributed by atoms with Gasteiger partial charge in [-0.1, -0.05) is 99.9 Å². The van der Waals surface area contributed by atoms with E-state index in [1.165, 1.54) is 70.6 Å². The van der Waals surface area contributed by atoms with Crippen LogP contribution in [0.3, 0.4) is 0 Å². The molecule has 0 spiro atoms. The van der Waals surface area contributed by atoms with Crippen LogP contribution < -0.4 is 0 Å². The highest BCUT2D eigenvalue weighted by Crippen LogP contribution is 2.16. The minimum Gasteiger partial charge on any atom is -0.481 e. The van der Waals surface area contributed by atoms with Gasteiger partial charge in [-0.25, -0.2) is 0 Å². The summed E-state index contributed by atoms with van der Waals surface area (Å²) in [7, 11) is 0. The second-order valence-corrected chi connectivity index (χ2v) is 7.17. The van der Waals surface area contributed by atoms with Gasteiger partial charge in [0, 0.05) is 4.83 Å². The number of rotatable bonds is 15. The van der Waals surface area contributed by atoms with E-state index in [1.54, 1.807) is 0 Å². The van der Waals surface area contributed by atoms with Crippen LogP contribution in [-0.2, 0) is 4.79 Å². The van der Waals surface area contributed by atoms with Gasteiger partial charge >= 0.3 is 5.97 Å². The van der Waals surface area contributed by atoms with Gasteiger partial charge in [-0.2, -0.15) is 0 Å². The first kappa shape index (κ1) is 19.9. The van der Waals surface area contributed by atoms with Gasteiger partial charge in [0.2, 0.25) is 0 Å². The summed E-state index contributed by atoms with van der Waals surface area (Å²) in [4.78, 5) is 10.7. The molecule has 1 N–H and O–H groups in total. The van der Waals surface area contributed by atoms with E-state index in [2.05, 4.69) is 22.9 Å². The molecule has 120 valence electrons. The molecular formula is C17H33BrO2. The Kier molecular flexibility index (Phi) is 15.3. The molecule has 1 atom stereocenters. The monoisotopic (exact) mass is 348 g/mol. The fourth-order valence-electron chi connectivity index (χ4n) is 2.50. The van der Waals surface area contributed by atoms with Crippen LogP contribution in [0.15, 0.2) is 0 Å². The quantitative estimate of drug-likeness (QED) is 0.278. The molecule has 0 aromatic heterocycles. The molecule has 0 aromatic carbocycles. The van der Waals surface area contributed by atoms with Gasteiger partial charge in [-0.3, -0.25) is 4.79 Å². The lowest BCUT2D eigenvalue weighted by Crippen LogP contribution is -2.06. The third kappa shape index (κ3) is 16.0. The van der Waals surface area contributed by atoms with Crippen molar-refractivity contribution in [2.75, 3.05) is 0 Å². The molecule has 0 aliphatic carbocycles. The Balaban J connectivity index is 3.08. The Morgan fingerprint density at radius 2 is 1.25 bits per heavy atom.